The second kappa shape index (κ2) is 9.88. The molecular formula is C20H33N5O2. The molecule has 0 aromatic carbocycles. The molecule has 3 heterocycles. The van der Waals surface area contributed by atoms with Gasteiger partial charge in [0.15, 0.2) is 0 Å². The van der Waals surface area contributed by atoms with Crippen LogP contribution in [0.15, 0.2) is 18.5 Å². The summed E-state index contributed by atoms with van der Waals surface area (Å²) in [5, 5.41) is 7.22. The van der Waals surface area contributed by atoms with E-state index in [1.54, 1.807) is 10.9 Å². The first-order chi connectivity index (χ1) is 13.2. The van der Waals surface area contributed by atoms with Gasteiger partial charge in [-0.05, 0) is 57.2 Å². The van der Waals surface area contributed by atoms with E-state index in [0.29, 0.717) is 24.9 Å². The van der Waals surface area contributed by atoms with Gasteiger partial charge in [-0.15, -0.1) is 0 Å². The first-order valence-corrected chi connectivity index (χ1v) is 10.4. The van der Waals surface area contributed by atoms with Crippen molar-refractivity contribution in [3.05, 3.63) is 18.5 Å². The number of nitrogens with zero attached hydrogens (tertiary/aromatic N) is 4. The van der Waals surface area contributed by atoms with Crippen LogP contribution in [0.5, 0.6) is 0 Å². The van der Waals surface area contributed by atoms with Crippen molar-refractivity contribution in [1.29, 1.82) is 0 Å². The molecule has 0 spiro atoms. The summed E-state index contributed by atoms with van der Waals surface area (Å²) >= 11 is 0. The topological polar surface area (TPSA) is 70.5 Å². The van der Waals surface area contributed by atoms with Crippen molar-refractivity contribution < 1.29 is 9.59 Å². The SMILES string of the molecule is CCN1CCC[C@H]1CNC(=O)CCC1CCN(C(=O)Cn2cccn2)CC1. The number of hydrogen-bond acceptors (Lipinski definition) is 4. The molecule has 0 aliphatic carbocycles. The number of carbonyl (C=O) groups is 2. The molecule has 2 saturated heterocycles. The van der Waals surface area contributed by atoms with Crippen LogP contribution in [0.3, 0.4) is 0 Å². The Morgan fingerprint density at radius 3 is 2.70 bits per heavy atom. The Labute approximate surface area is 162 Å². The van der Waals surface area contributed by atoms with Crippen molar-refractivity contribution in [1.82, 2.24) is 24.9 Å². The minimum absolute atomic E-state index is 0.131. The lowest BCUT2D eigenvalue weighted by Gasteiger charge is -2.32. The van der Waals surface area contributed by atoms with E-state index in [1.165, 1.54) is 12.8 Å². The lowest BCUT2D eigenvalue weighted by Crippen LogP contribution is -2.41. The highest BCUT2D eigenvalue weighted by atomic mass is 16.2. The molecule has 2 aliphatic heterocycles. The summed E-state index contributed by atoms with van der Waals surface area (Å²) in [7, 11) is 0. The third-order valence-corrected chi connectivity index (χ3v) is 6.04. The van der Waals surface area contributed by atoms with Crippen molar-refractivity contribution in [2.24, 2.45) is 5.92 Å². The number of nitrogens with one attached hydrogen (secondary N) is 1. The van der Waals surface area contributed by atoms with Crippen LogP contribution in [0, 0.1) is 5.92 Å². The molecule has 27 heavy (non-hydrogen) atoms. The summed E-state index contributed by atoms with van der Waals surface area (Å²) in [6.45, 7) is 7.10. The molecule has 7 heteroatoms. The zero-order valence-corrected chi connectivity index (χ0v) is 16.5. The van der Waals surface area contributed by atoms with Crippen LogP contribution in [-0.2, 0) is 16.1 Å². The molecule has 150 valence electrons. The average Bonchev–Trinajstić information content (AvgIpc) is 3.36. The predicted molar refractivity (Wildman–Crippen MR) is 104 cm³/mol. The highest BCUT2D eigenvalue weighted by molar-refractivity contribution is 5.76. The fourth-order valence-corrected chi connectivity index (χ4v) is 4.30. The molecule has 1 aromatic rings. The van der Waals surface area contributed by atoms with Crippen LogP contribution in [0.2, 0.25) is 0 Å². The van der Waals surface area contributed by atoms with Gasteiger partial charge in [0.05, 0.1) is 0 Å². The molecule has 1 atom stereocenters. The summed E-state index contributed by atoms with van der Waals surface area (Å²) in [4.78, 5) is 28.9. The molecule has 0 radical (unpaired) electrons. The minimum Gasteiger partial charge on any atom is -0.355 e. The fraction of sp³-hybridized carbons (Fsp3) is 0.750. The molecule has 7 nitrogen and oxygen atoms in total. The molecule has 2 fully saturated rings. The largest absolute Gasteiger partial charge is 0.355 e. The number of rotatable bonds is 8. The summed E-state index contributed by atoms with van der Waals surface area (Å²) in [6.07, 6.45) is 9.45. The molecule has 2 aliphatic rings. The lowest BCUT2D eigenvalue weighted by molar-refractivity contribution is -0.133. The maximum Gasteiger partial charge on any atom is 0.244 e. The molecule has 0 saturated carbocycles. The Kier molecular flexibility index (Phi) is 7.26. The number of amides is 2. The van der Waals surface area contributed by atoms with E-state index >= 15 is 0 Å². The van der Waals surface area contributed by atoms with Gasteiger partial charge in [0.2, 0.25) is 11.8 Å². The van der Waals surface area contributed by atoms with E-state index in [1.807, 2.05) is 17.2 Å². The van der Waals surface area contributed by atoms with Crippen molar-refractivity contribution in [3.8, 4) is 0 Å². The molecular weight excluding hydrogens is 342 g/mol. The normalized spacial score (nSPS) is 21.5. The van der Waals surface area contributed by atoms with Crippen LogP contribution in [0.25, 0.3) is 0 Å². The third kappa shape index (κ3) is 5.79. The maximum absolute atomic E-state index is 12.3. The summed E-state index contributed by atoms with van der Waals surface area (Å²) in [6, 6.07) is 2.35. The van der Waals surface area contributed by atoms with Crippen LogP contribution < -0.4 is 5.32 Å². The van der Waals surface area contributed by atoms with E-state index in [0.717, 1.165) is 52.0 Å². The number of carbonyl (C=O) groups excluding carboxylic acids is 2. The Hall–Kier alpha value is -1.89. The van der Waals surface area contributed by atoms with Gasteiger partial charge >= 0.3 is 0 Å². The van der Waals surface area contributed by atoms with Crippen molar-refractivity contribution in [2.45, 2.75) is 58.0 Å². The molecule has 0 unspecified atom stereocenters. The fourth-order valence-electron chi connectivity index (χ4n) is 4.30. The van der Waals surface area contributed by atoms with Crippen LogP contribution in [0.1, 0.15) is 45.4 Å². The maximum atomic E-state index is 12.3. The molecule has 2 amide bonds. The average molecular weight is 376 g/mol. The summed E-state index contributed by atoms with van der Waals surface area (Å²) in [5.74, 6) is 0.852. The number of hydrogen-bond donors (Lipinski definition) is 1. The molecule has 3 rings (SSSR count). The van der Waals surface area contributed by atoms with E-state index < -0.39 is 0 Å². The zero-order valence-electron chi connectivity index (χ0n) is 16.5. The Balaban J connectivity index is 1.30. The standard InChI is InChI=1S/C20H33N5O2/c1-2-23-11-3-5-18(23)15-21-19(26)7-6-17-8-13-24(14-9-17)20(27)16-25-12-4-10-22-25/h4,10,12,17-18H,2-3,5-9,11,13-16H2,1H3,(H,21,26)/t18-/m0/s1. The van der Waals surface area contributed by atoms with Gasteiger partial charge in [-0.25, -0.2) is 0 Å². The van der Waals surface area contributed by atoms with Crippen molar-refractivity contribution >= 4 is 11.8 Å². The van der Waals surface area contributed by atoms with Gasteiger partial charge in [0, 0.05) is 44.5 Å². The lowest BCUT2D eigenvalue weighted by atomic mass is 9.92. The third-order valence-electron chi connectivity index (χ3n) is 6.04. The Morgan fingerprint density at radius 1 is 1.19 bits per heavy atom. The minimum atomic E-state index is 0.131. The van der Waals surface area contributed by atoms with Crippen molar-refractivity contribution in [2.75, 3.05) is 32.7 Å². The Morgan fingerprint density at radius 2 is 2.00 bits per heavy atom. The molecule has 1 N–H and O–H groups in total. The van der Waals surface area contributed by atoms with Gasteiger partial charge in [0.25, 0.3) is 0 Å². The number of likely N-dealkylation sites (tertiary alicyclic amines) is 2. The monoisotopic (exact) mass is 375 g/mol. The van der Waals surface area contributed by atoms with Gasteiger partial charge in [0.1, 0.15) is 6.54 Å². The number of piperidine rings is 1. The summed E-state index contributed by atoms with van der Waals surface area (Å²) < 4.78 is 1.67. The van der Waals surface area contributed by atoms with E-state index in [-0.39, 0.29) is 11.8 Å². The predicted octanol–water partition coefficient (Wildman–Crippen LogP) is 1.50. The van der Waals surface area contributed by atoms with Crippen LogP contribution in [0.4, 0.5) is 0 Å². The second-order valence-corrected chi connectivity index (χ2v) is 7.80. The summed E-state index contributed by atoms with van der Waals surface area (Å²) in [5.41, 5.74) is 0. The van der Waals surface area contributed by atoms with Crippen LogP contribution in [-0.4, -0.2) is 70.2 Å². The quantitative estimate of drug-likeness (QED) is 0.748. The Bertz CT molecular complexity index is 596. The van der Waals surface area contributed by atoms with E-state index in [2.05, 4.69) is 22.2 Å². The zero-order chi connectivity index (χ0) is 19.1. The van der Waals surface area contributed by atoms with Gasteiger partial charge in [-0.2, -0.15) is 5.10 Å². The van der Waals surface area contributed by atoms with Crippen molar-refractivity contribution in [3.63, 3.8) is 0 Å². The van der Waals surface area contributed by atoms with Gasteiger partial charge < -0.3 is 10.2 Å². The second-order valence-electron chi connectivity index (χ2n) is 7.80. The van der Waals surface area contributed by atoms with Gasteiger partial charge in [-0.3, -0.25) is 19.2 Å². The van der Waals surface area contributed by atoms with E-state index in [9.17, 15) is 9.59 Å². The van der Waals surface area contributed by atoms with Crippen LogP contribution >= 0.6 is 0 Å². The molecule has 1 aromatic heterocycles. The highest BCUT2D eigenvalue weighted by Gasteiger charge is 2.25. The number of likely N-dealkylation sites (N-methyl/N-ethyl adjacent to an activating group) is 1. The first-order valence-electron chi connectivity index (χ1n) is 10.4. The molecule has 0 bridgehead atoms. The van der Waals surface area contributed by atoms with E-state index in [4.69, 9.17) is 0 Å². The highest BCUT2D eigenvalue weighted by Crippen LogP contribution is 2.22. The number of aromatic nitrogens is 2. The smallest absolute Gasteiger partial charge is 0.244 e. The first kappa shape index (κ1) is 19.9. The van der Waals surface area contributed by atoms with Gasteiger partial charge in [-0.1, -0.05) is 6.92 Å².